The van der Waals surface area contributed by atoms with E-state index in [-0.39, 0.29) is 39.2 Å². The van der Waals surface area contributed by atoms with Crippen molar-refractivity contribution >= 4 is 57.2 Å². The fraction of sp³-hybridized carbons (Fsp3) is 0.382. The molecule has 0 bridgehead atoms. The molecular weight excluding hydrogens is 856 g/mol. The zero-order valence-corrected chi connectivity index (χ0v) is 46.5. The van der Waals surface area contributed by atoms with Crippen LogP contribution in [0, 0.1) is 0 Å². The maximum Gasteiger partial charge on any atom is 0.252 e. The summed E-state index contributed by atoms with van der Waals surface area (Å²) in [6.45, 7) is 42.6. The van der Waals surface area contributed by atoms with Gasteiger partial charge in [0.1, 0.15) is 0 Å². The van der Waals surface area contributed by atoms with Crippen LogP contribution in [0.15, 0.2) is 133 Å². The summed E-state index contributed by atoms with van der Waals surface area (Å²) in [4.78, 5) is 5.32. The molecule has 0 spiro atoms. The third kappa shape index (κ3) is 8.38. The van der Waals surface area contributed by atoms with Crippen LogP contribution in [-0.4, -0.2) is 6.71 Å². The van der Waals surface area contributed by atoms with Crippen molar-refractivity contribution in [2.24, 2.45) is 0 Å². The first-order chi connectivity index (χ1) is 33.0. The van der Waals surface area contributed by atoms with Gasteiger partial charge in [-0.05, 0) is 171 Å². The van der Waals surface area contributed by atoms with E-state index in [1.54, 1.807) is 0 Å². The smallest absolute Gasteiger partial charge is 0.252 e. The summed E-state index contributed by atoms with van der Waals surface area (Å²) in [5.41, 5.74) is 26.4. The molecule has 364 valence electrons. The van der Waals surface area contributed by atoms with E-state index in [1.807, 2.05) is 0 Å². The maximum absolute atomic E-state index is 2.71. The number of benzene rings is 7. The molecule has 7 aromatic rings. The van der Waals surface area contributed by atoms with E-state index in [0.717, 1.165) is 6.42 Å². The molecule has 0 unspecified atom stereocenters. The number of hydrogen-bond acceptors (Lipinski definition) is 2. The van der Waals surface area contributed by atoms with E-state index in [1.165, 1.54) is 112 Å². The highest BCUT2D eigenvalue weighted by Crippen LogP contribution is 2.54. The Morgan fingerprint density at radius 2 is 0.901 bits per heavy atom. The quantitative estimate of drug-likeness (QED) is 0.159. The summed E-state index contributed by atoms with van der Waals surface area (Å²) in [5, 5.41) is 0. The largest absolute Gasteiger partial charge is 0.311 e. The molecule has 10 rings (SSSR count). The molecule has 0 saturated carbocycles. The second-order valence-corrected chi connectivity index (χ2v) is 27.3. The van der Waals surface area contributed by atoms with Gasteiger partial charge in [-0.25, -0.2) is 0 Å². The molecule has 0 radical (unpaired) electrons. The van der Waals surface area contributed by atoms with Gasteiger partial charge in [0, 0.05) is 34.0 Å². The topological polar surface area (TPSA) is 6.48 Å². The molecule has 1 aliphatic carbocycles. The van der Waals surface area contributed by atoms with Crippen LogP contribution in [0.4, 0.5) is 34.1 Å². The molecule has 0 N–H and O–H groups in total. The van der Waals surface area contributed by atoms with E-state index in [0.29, 0.717) is 5.92 Å². The predicted octanol–water partition coefficient (Wildman–Crippen LogP) is 17.4. The summed E-state index contributed by atoms with van der Waals surface area (Å²) >= 11 is 0. The molecule has 0 atom stereocenters. The van der Waals surface area contributed by atoms with Crippen molar-refractivity contribution in [1.29, 1.82) is 0 Å². The zero-order valence-electron chi connectivity index (χ0n) is 46.5. The van der Waals surface area contributed by atoms with Crippen molar-refractivity contribution in [2.75, 3.05) is 9.80 Å². The lowest BCUT2D eigenvalue weighted by Gasteiger charge is -2.46. The minimum Gasteiger partial charge on any atom is -0.311 e. The lowest BCUT2D eigenvalue weighted by molar-refractivity contribution is 0.403. The van der Waals surface area contributed by atoms with Crippen LogP contribution < -0.4 is 26.2 Å². The molecule has 2 aliphatic heterocycles. The van der Waals surface area contributed by atoms with E-state index < -0.39 is 0 Å². The number of rotatable bonds is 5. The van der Waals surface area contributed by atoms with E-state index in [4.69, 9.17) is 0 Å². The van der Waals surface area contributed by atoms with Crippen LogP contribution in [0.3, 0.4) is 0 Å². The molecule has 0 aromatic heterocycles. The van der Waals surface area contributed by atoms with Gasteiger partial charge in [0.15, 0.2) is 0 Å². The predicted molar refractivity (Wildman–Crippen MR) is 311 cm³/mol. The minimum absolute atomic E-state index is 0.0143. The molecule has 3 aliphatic rings. The molecule has 0 amide bonds. The van der Waals surface area contributed by atoms with E-state index in [9.17, 15) is 0 Å². The highest BCUT2D eigenvalue weighted by Gasteiger charge is 2.49. The van der Waals surface area contributed by atoms with Gasteiger partial charge in [-0.1, -0.05) is 203 Å². The first-order valence-corrected chi connectivity index (χ1v) is 26.6. The van der Waals surface area contributed by atoms with Gasteiger partial charge in [-0.3, -0.25) is 0 Å². The van der Waals surface area contributed by atoms with Gasteiger partial charge in [-0.2, -0.15) is 0 Å². The summed E-state index contributed by atoms with van der Waals surface area (Å²) in [6.07, 6.45) is 1.11. The Morgan fingerprint density at radius 1 is 0.423 bits per heavy atom. The average molecular weight is 935 g/mol. The summed E-state index contributed by atoms with van der Waals surface area (Å²) in [5.74, 6) is 0.303. The summed E-state index contributed by atoms with van der Waals surface area (Å²) < 4.78 is 0. The highest BCUT2D eigenvalue weighted by atomic mass is 15.2. The van der Waals surface area contributed by atoms with Gasteiger partial charge in [0.2, 0.25) is 0 Å². The Kier molecular flexibility index (Phi) is 11.2. The first-order valence-electron chi connectivity index (χ1n) is 26.6. The Balaban J connectivity index is 1.31. The Labute approximate surface area is 429 Å². The van der Waals surface area contributed by atoms with Crippen LogP contribution in [0.2, 0.25) is 0 Å². The average Bonchev–Trinajstić information content (AvgIpc) is 3.48. The molecule has 71 heavy (non-hydrogen) atoms. The Bertz CT molecular complexity index is 3220. The third-order valence-corrected chi connectivity index (χ3v) is 16.5. The molecule has 3 heteroatoms. The van der Waals surface area contributed by atoms with Crippen molar-refractivity contribution in [2.45, 2.75) is 169 Å². The van der Waals surface area contributed by atoms with E-state index in [2.05, 4.69) is 268 Å². The number of hydrogen-bond donors (Lipinski definition) is 0. The second kappa shape index (κ2) is 16.4. The molecule has 2 nitrogen and oxygen atoms in total. The van der Waals surface area contributed by atoms with Gasteiger partial charge in [-0.15, -0.1) is 0 Å². The lowest BCUT2D eigenvalue weighted by atomic mass is 9.33. The van der Waals surface area contributed by atoms with Crippen molar-refractivity contribution < 1.29 is 0 Å². The van der Waals surface area contributed by atoms with Crippen molar-refractivity contribution in [3.05, 3.63) is 172 Å². The van der Waals surface area contributed by atoms with Gasteiger partial charge < -0.3 is 9.80 Å². The fourth-order valence-corrected chi connectivity index (χ4v) is 12.4. The van der Waals surface area contributed by atoms with Gasteiger partial charge in [0.25, 0.3) is 6.71 Å². The van der Waals surface area contributed by atoms with E-state index >= 15 is 0 Å². The summed E-state index contributed by atoms with van der Waals surface area (Å²) in [7, 11) is 0. The number of fused-ring (bicyclic) bond motifs is 5. The number of nitrogens with zero attached hydrogens (tertiary/aromatic N) is 2. The summed E-state index contributed by atoms with van der Waals surface area (Å²) in [6, 6.07) is 53.2. The normalized spacial score (nSPS) is 16.0. The fourth-order valence-electron chi connectivity index (χ4n) is 12.4. The van der Waals surface area contributed by atoms with Gasteiger partial charge in [0.05, 0.1) is 5.69 Å². The van der Waals surface area contributed by atoms with Crippen molar-refractivity contribution in [3.8, 4) is 22.3 Å². The molecule has 7 aromatic carbocycles. The zero-order chi connectivity index (χ0) is 51.1. The molecule has 0 saturated heterocycles. The minimum atomic E-state index is -0.0523. The SMILES string of the molecule is CC(C)c1cc2c3c(c1)N(c1ccc(C(C)(C)C)cc1-c1cccc(-c4ccc(C(C)(C)C)cc4)c1)c1cc4c(cc1B3c1cc(C(C)(C)C)ccc1N2c1ccc(C(C)(C)C)cc1)C(C)(C)CC4(C)C. The Hall–Kier alpha value is -5.80. The third-order valence-electron chi connectivity index (χ3n) is 16.5. The standard InChI is InChI=1S/C68H79BN2/c1-42(2)46-35-60-62-61(36-46)71(57-32-28-49(65(9,10)11)37-52(57)45-21-19-20-44(34-45)43-22-24-47(25-23-43)63(3,4)5)59-40-54-53(67(15,16)41-68(54,17)18)39-56(59)69(62)55-38-50(66(12,13)14)29-33-58(55)70(60)51-30-26-48(27-31-51)64(6,7)8/h19-40,42H,41H2,1-18H3. The lowest BCUT2D eigenvalue weighted by Crippen LogP contribution is -2.61. The first kappa shape index (κ1) is 48.8. The number of anilines is 6. The maximum atomic E-state index is 2.71. The van der Waals surface area contributed by atoms with Crippen LogP contribution in [0.5, 0.6) is 0 Å². The van der Waals surface area contributed by atoms with Gasteiger partial charge >= 0.3 is 0 Å². The van der Waals surface area contributed by atoms with Crippen LogP contribution in [0.25, 0.3) is 22.3 Å². The highest BCUT2D eigenvalue weighted by molar-refractivity contribution is 7.00. The monoisotopic (exact) mass is 935 g/mol. The second-order valence-electron chi connectivity index (χ2n) is 27.3. The van der Waals surface area contributed by atoms with Crippen LogP contribution in [0.1, 0.15) is 176 Å². The van der Waals surface area contributed by atoms with Crippen molar-refractivity contribution in [1.82, 2.24) is 0 Å². The van der Waals surface area contributed by atoms with Crippen LogP contribution in [-0.2, 0) is 32.5 Å². The van der Waals surface area contributed by atoms with Crippen LogP contribution >= 0.6 is 0 Å². The Morgan fingerprint density at radius 3 is 1.46 bits per heavy atom. The molecule has 2 heterocycles. The molecular formula is C68H79BN2. The molecule has 0 fully saturated rings. The van der Waals surface area contributed by atoms with Crippen molar-refractivity contribution in [3.63, 3.8) is 0 Å².